The van der Waals surface area contributed by atoms with E-state index in [1.807, 2.05) is 19.2 Å². The number of methoxy groups -OCH3 is 1. The number of hydrogen-bond acceptors (Lipinski definition) is 6. The SMILES string of the molecule is CN[C@H](CNC(=O)c1cc(Cl)cc(C(OCCNC(=O)OC)c2cccc(Cl)c2)c1)C[C@H]1CCCOC1. The van der Waals surface area contributed by atoms with Crippen LogP contribution in [0.4, 0.5) is 4.79 Å². The molecule has 3 atom stereocenters. The van der Waals surface area contributed by atoms with Crippen LogP contribution >= 0.6 is 23.2 Å². The number of halogens is 2. The number of benzene rings is 2. The molecule has 0 spiro atoms. The molecule has 202 valence electrons. The Kier molecular flexibility index (Phi) is 12.0. The molecule has 1 heterocycles. The highest BCUT2D eigenvalue weighted by Crippen LogP contribution is 2.30. The van der Waals surface area contributed by atoms with Crippen LogP contribution in [0.2, 0.25) is 10.0 Å². The normalized spacial score (nSPS) is 17.0. The van der Waals surface area contributed by atoms with Gasteiger partial charge in [0.2, 0.25) is 0 Å². The van der Waals surface area contributed by atoms with Crippen molar-refractivity contribution in [3.63, 3.8) is 0 Å². The van der Waals surface area contributed by atoms with Crippen LogP contribution in [0.25, 0.3) is 0 Å². The fourth-order valence-corrected chi connectivity index (χ4v) is 4.81. The molecule has 2 aromatic rings. The van der Waals surface area contributed by atoms with Gasteiger partial charge in [0.25, 0.3) is 5.91 Å². The van der Waals surface area contributed by atoms with Crippen molar-refractivity contribution in [2.24, 2.45) is 5.92 Å². The first kappa shape index (κ1) is 29.2. The van der Waals surface area contributed by atoms with Gasteiger partial charge in [0, 0.05) is 48.0 Å². The van der Waals surface area contributed by atoms with Crippen LogP contribution in [0.5, 0.6) is 0 Å². The number of alkyl carbamates (subject to hydrolysis) is 1. The Hall–Kier alpha value is -2.36. The largest absolute Gasteiger partial charge is 0.453 e. The maximum atomic E-state index is 13.1. The van der Waals surface area contributed by atoms with Gasteiger partial charge in [-0.25, -0.2) is 4.79 Å². The van der Waals surface area contributed by atoms with Gasteiger partial charge in [-0.1, -0.05) is 35.3 Å². The quantitative estimate of drug-likeness (QED) is 0.334. The molecule has 10 heteroatoms. The van der Waals surface area contributed by atoms with E-state index in [4.69, 9.17) is 32.7 Å². The average Bonchev–Trinajstić information content (AvgIpc) is 2.90. The molecule has 0 saturated carbocycles. The van der Waals surface area contributed by atoms with E-state index in [1.54, 1.807) is 30.3 Å². The van der Waals surface area contributed by atoms with Crippen LogP contribution < -0.4 is 16.0 Å². The molecule has 1 aliphatic heterocycles. The van der Waals surface area contributed by atoms with Crippen molar-refractivity contribution in [2.75, 3.05) is 47.1 Å². The van der Waals surface area contributed by atoms with Gasteiger partial charge in [0.05, 0.1) is 13.7 Å². The lowest BCUT2D eigenvalue weighted by Crippen LogP contribution is -2.41. The number of hydrogen-bond donors (Lipinski definition) is 3. The molecule has 3 N–H and O–H groups in total. The van der Waals surface area contributed by atoms with Gasteiger partial charge in [0.15, 0.2) is 0 Å². The third-order valence-electron chi connectivity index (χ3n) is 6.27. The van der Waals surface area contributed by atoms with Crippen molar-refractivity contribution in [3.8, 4) is 0 Å². The minimum absolute atomic E-state index is 0.138. The fourth-order valence-electron chi connectivity index (χ4n) is 4.37. The zero-order valence-electron chi connectivity index (χ0n) is 21.2. The van der Waals surface area contributed by atoms with Gasteiger partial charge in [-0.2, -0.15) is 0 Å². The molecule has 8 nitrogen and oxygen atoms in total. The van der Waals surface area contributed by atoms with E-state index in [9.17, 15) is 9.59 Å². The lowest BCUT2D eigenvalue weighted by atomic mass is 9.94. The molecule has 0 aromatic heterocycles. The molecular formula is C27H35Cl2N3O5. The summed E-state index contributed by atoms with van der Waals surface area (Å²) in [5.74, 6) is 0.270. The molecule has 37 heavy (non-hydrogen) atoms. The predicted octanol–water partition coefficient (Wildman–Crippen LogP) is 4.59. The number of ether oxygens (including phenoxy) is 3. The van der Waals surface area contributed by atoms with E-state index < -0.39 is 12.2 Å². The van der Waals surface area contributed by atoms with Crippen LogP contribution in [-0.2, 0) is 14.2 Å². The van der Waals surface area contributed by atoms with Crippen LogP contribution in [-0.4, -0.2) is 65.1 Å². The standard InChI is InChI=1S/C27H35Cl2N3O5/c1-30-24(11-18-5-4-9-36-17-18)16-32-26(33)21-12-20(14-23(29)15-21)25(19-6-3-7-22(28)13-19)37-10-8-31-27(34)35-2/h3,6-7,12-15,18,24-25,30H,4-5,8-11,16-17H2,1-2H3,(H,31,34)(H,32,33)/t18-,24+,25?/m1/s1. The first-order chi connectivity index (χ1) is 17.9. The minimum atomic E-state index is -0.556. The van der Waals surface area contributed by atoms with E-state index >= 15 is 0 Å². The molecule has 0 aliphatic carbocycles. The number of rotatable bonds is 12. The third kappa shape index (κ3) is 9.47. The fraction of sp³-hybridized carbons (Fsp3) is 0.481. The second-order valence-corrected chi connectivity index (χ2v) is 9.88. The number of likely N-dealkylation sites (N-methyl/N-ethyl adjacent to an activating group) is 1. The first-order valence-corrected chi connectivity index (χ1v) is 13.2. The summed E-state index contributed by atoms with van der Waals surface area (Å²) in [5, 5.41) is 9.88. The lowest BCUT2D eigenvalue weighted by Gasteiger charge is -2.26. The predicted molar refractivity (Wildman–Crippen MR) is 144 cm³/mol. The van der Waals surface area contributed by atoms with Gasteiger partial charge in [-0.05, 0) is 73.7 Å². The second-order valence-electron chi connectivity index (χ2n) is 9.01. The van der Waals surface area contributed by atoms with E-state index in [0.29, 0.717) is 33.6 Å². The number of carbonyl (C=O) groups is 2. The molecule has 2 amide bonds. The summed E-state index contributed by atoms with van der Waals surface area (Å²) in [6.07, 6.45) is 2.05. The Morgan fingerprint density at radius 3 is 2.62 bits per heavy atom. The van der Waals surface area contributed by atoms with Crippen LogP contribution in [0.1, 0.15) is 46.9 Å². The maximum Gasteiger partial charge on any atom is 0.406 e. The Morgan fingerprint density at radius 2 is 1.92 bits per heavy atom. The topological polar surface area (TPSA) is 97.9 Å². The third-order valence-corrected chi connectivity index (χ3v) is 6.72. The maximum absolute atomic E-state index is 13.1. The monoisotopic (exact) mass is 551 g/mol. The molecule has 1 aliphatic rings. The molecular weight excluding hydrogens is 517 g/mol. The van der Waals surface area contributed by atoms with Gasteiger partial charge in [0.1, 0.15) is 6.10 Å². The van der Waals surface area contributed by atoms with Crippen LogP contribution in [0.15, 0.2) is 42.5 Å². The highest BCUT2D eigenvalue weighted by molar-refractivity contribution is 6.31. The number of carbonyl (C=O) groups excluding carboxylic acids is 2. The summed E-state index contributed by atoms with van der Waals surface area (Å²) in [5.41, 5.74) is 1.92. The first-order valence-electron chi connectivity index (χ1n) is 12.4. The summed E-state index contributed by atoms with van der Waals surface area (Å²) >= 11 is 12.7. The molecule has 1 fully saturated rings. The van der Waals surface area contributed by atoms with Gasteiger partial charge in [-0.3, -0.25) is 4.79 Å². The van der Waals surface area contributed by atoms with E-state index in [-0.39, 0.29) is 25.1 Å². The molecule has 1 unspecified atom stereocenters. The second kappa shape index (κ2) is 15.1. The van der Waals surface area contributed by atoms with Crippen LogP contribution in [0, 0.1) is 5.92 Å². The zero-order chi connectivity index (χ0) is 26.6. The summed E-state index contributed by atoms with van der Waals surface area (Å²) in [6.45, 7) is 2.53. The van der Waals surface area contributed by atoms with Crippen molar-refractivity contribution in [2.45, 2.75) is 31.4 Å². The summed E-state index contributed by atoms with van der Waals surface area (Å²) in [6, 6.07) is 12.6. The Morgan fingerprint density at radius 1 is 1.11 bits per heavy atom. The average molecular weight is 552 g/mol. The summed E-state index contributed by atoms with van der Waals surface area (Å²) < 4.78 is 16.3. The highest BCUT2D eigenvalue weighted by Gasteiger charge is 2.21. The number of nitrogens with one attached hydrogen (secondary N) is 3. The Bertz CT molecular complexity index is 1030. The van der Waals surface area contributed by atoms with E-state index in [1.165, 1.54) is 7.11 Å². The lowest BCUT2D eigenvalue weighted by molar-refractivity contribution is 0.0478. The Labute approximate surface area is 228 Å². The molecule has 0 bridgehead atoms. The molecule has 3 rings (SSSR count). The molecule has 2 aromatic carbocycles. The van der Waals surface area contributed by atoms with E-state index in [0.717, 1.165) is 38.0 Å². The minimum Gasteiger partial charge on any atom is -0.453 e. The smallest absolute Gasteiger partial charge is 0.406 e. The van der Waals surface area contributed by atoms with Gasteiger partial charge < -0.3 is 30.2 Å². The zero-order valence-corrected chi connectivity index (χ0v) is 22.7. The van der Waals surface area contributed by atoms with Crippen molar-refractivity contribution in [1.29, 1.82) is 0 Å². The van der Waals surface area contributed by atoms with Crippen molar-refractivity contribution in [1.82, 2.24) is 16.0 Å². The number of amides is 2. The molecule has 1 saturated heterocycles. The summed E-state index contributed by atoms with van der Waals surface area (Å²) in [7, 11) is 3.20. The van der Waals surface area contributed by atoms with E-state index in [2.05, 4.69) is 20.7 Å². The van der Waals surface area contributed by atoms with Crippen molar-refractivity contribution >= 4 is 35.2 Å². The van der Waals surface area contributed by atoms with Gasteiger partial charge in [-0.15, -0.1) is 0 Å². The van der Waals surface area contributed by atoms with Crippen LogP contribution in [0.3, 0.4) is 0 Å². The van der Waals surface area contributed by atoms with Gasteiger partial charge >= 0.3 is 6.09 Å². The van der Waals surface area contributed by atoms with Crippen molar-refractivity contribution < 1.29 is 23.8 Å². The Balaban J connectivity index is 1.71. The molecule has 0 radical (unpaired) electrons. The summed E-state index contributed by atoms with van der Waals surface area (Å²) in [4.78, 5) is 24.5. The highest BCUT2D eigenvalue weighted by atomic mass is 35.5. The van der Waals surface area contributed by atoms with Crippen molar-refractivity contribution in [3.05, 3.63) is 69.2 Å².